The van der Waals surface area contributed by atoms with Crippen molar-refractivity contribution in [2.24, 2.45) is 0 Å². The highest BCUT2D eigenvalue weighted by molar-refractivity contribution is 6.01. The molecule has 1 amide bonds. The van der Waals surface area contributed by atoms with Gasteiger partial charge in [-0.05, 0) is 30.7 Å². The van der Waals surface area contributed by atoms with E-state index in [1.54, 1.807) is 30.6 Å². The van der Waals surface area contributed by atoms with Crippen LogP contribution in [0.5, 0.6) is 0 Å². The third kappa shape index (κ3) is 2.20. The highest BCUT2D eigenvalue weighted by Crippen LogP contribution is 2.16. The van der Waals surface area contributed by atoms with E-state index >= 15 is 0 Å². The normalized spacial score (nSPS) is 10.7. The Morgan fingerprint density at radius 1 is 1.40 bits per heavy atom. The number of anilines is 1. The minimum Gasteiger partial charge on any atom is -0.317 e. The molecule has 0 saturated heterocycles. The van der Waals surface area contributed by atoms with Crippen LogP contribution >= 0.6 is 0 Å². The fourth-order valence-electron chi connectivity index (χ4n) is 1.74. The molecule has 0 atom stereocenters. The van der Waals surface area contributed by atoms with Crippen LogP contribution in [0, 0.1) is 12.7 Å². The van der Waals surface area contributed by atoms with Crippen molar-refractivity contribution >= 4 is 17.4 Å². The smallest absolute Gasteiger partial charge is 0.295 e. The second-order valence-corrected chi connectivity index (χ2v) is 4.24. The van der Waals surface area contributed by atoms with Crippen LogP contribution in [0.25, 0.3) is 5.78 Å². The Bertz CT molecular complexity index is 765. The van der Waals surface area contributed by atoms with Crippen molar-refractivity contribution in [3.8, 4) is 0 Å². The van der Waals surface area contributed by atoms with Crippen molar-refractivity contribution in [1.29, 1.82) is 0 Å². The molecule has 0 unspecified atom stereocenters. The lowest BCUT2D eigenvalue weighted by molar-refractivity contribution is 0.101. The monoisotopic (exact) mass is 271 g/mol. The second-order valence-electron chi connectivity index (χ2n) is 4.24. The maximum atomic E-state index is 13.6. The molecule has 3 aromatic rings. The van der Waals surface area contributed by atoms with E-state index in [-0.39, 0.29) is 11.5 Å². The molecule has 6 nitrogen and oxygen atoms in total. The van der Waals surface area contributed by atoms with Crippen molar-refractivity contribution in [3.05, 3.63) is 53.9 Å². The molecule has 0 radical (unpaired) electrons. The molecule has 0 saturated carbocycles. The van der Waals surface area contributed by atoms with Crippen LogP contribution in [0.2, 0.25) is 0 Å². The van der Waals surface area contributed by atoms with E-state index in [9.17, 15) is 9.18 Å². The number of nitrogens with one attached hydrogen (secondary N) is 1. The Labute approximate surface area is 113 Å². The Hall–Kier alpha value is -2.83. The van der Waals surface area contributed by atoms with E-state index in [1.165, 1.54) is 10.6 Å². The number of benzene rings is 1. The molecule has 0 fully saturated rings. The first-order chi connectivity index (χ1) is 9.63. The number of hydrogen-bond acceptors (Lipinski definition) is 4. The zero-order valence-corrected chi connectivity index (χ0v) is 10.5. The van der Waals surface area contributed by atoms with Crippen LogP contribution in [0.4, 0.5) is 10.1 Å². The van der Waals surface area contributed by atoms with Crippen LogP contribution < -0.4 is 5.32 Å². The largest absolute Gasteiger partial charge is 0.317 e. The molecular weight excluding hydrogens is 261 g/mol. The Morgan fingerprint density at radius 2 is 2.25 bits per heavy atom. The van der Waals surface area contributed by atoms with Gasteiger partial charge in [-0.3, -0.25) is 4.79 Å². The zero-order chi connectivity index (χ0) is 14.1. The number of carbonyl (C=O) groups is 1. The summed E-state index contributed by atoms with van der Waals surface area (Å²) in [5, 5.41) is 6.42. The van der Waals surface area contributed by atoms with Crippen LogP contribution in [0.15, 0.2) is 36.7 Å². The predicted molar refractivity (Wildman–Crippen MR) is 69.9 cm³/mol. The molecule has 0 aliphatic heterocycles. The minimum atomic E-state index is -0.583. The van der Waals surface area contributed by atoms with Gasteiger partial charge in [-0.2, -0.15) is 4.98 Å². The standard InChI is InChI=1S/C13H10FN5O/c1-8-3-4-9(14)10(7-8)16-12(20)11-17-13-15-5-2-6-19(13)18-11/h2-7H,1H3,(H,16,20). The summed E-state index contributed by atoms with van der Waals surface area (Å²) >= 11 is 0. The molecule has 3 rings (SSSR count). The summed E-state index contributed by atoms with van der Waals surface area (Å²) < 4.78 is 15.0. The van der Waals surface area contributed by atoms with Gasteiger partial charge < -0.3 is 5.32 Å². The van der Waals surface area contributed by atoms with Gasteiger partial charge in [0.15, 0.2) is 0 Å². The summed E-state index contributed by atoms with van der Waals surface area (Å²) in [4.78, 5) is 19.9. The molecular formula is C13H10FN5O. The Balaban J connectivity index is 1.90. The first-order valence-corrected chi connectivity index (χ1v) is 5.88. The molecule has 20 heavy (non-hydrogen) atoms. The Morgan fingerprint density at radius 3 is 3.05 bits per heavy atom. The average molecular weight is 271 g/mol. The predicted octanol–water partition coefficient (Wildman–Crippen LogP) is 1.82. The van der Waals surface area contributed by atoms with Gasteiger partial charge in [0.2, 0.25) is 5.82 Å². The summed E-state index contributed by atoms with van der Waals surface area (Å²) in [7, 11) is 0. The molecule has 1 N–H and O–H groups in total. The number of carbonyl (C=O) groups excluding carboxylic acids is 1. The van der Waals surface area contributed by atoms with Crippen molar-refractivity contribution in [2.45, 2.75) is 6.92 Å². The summed E-state index contributed by atoms with van der Waals surface area (Å²) in [6.07, 6.45) is 3.17. The highest BCUT2D eigenvalue weighted by Gasteiger charge is 2.15. The fourth-order valence-corrected chi connectivity index (χ4v) is 1.74. The number of aryl methyl sites for hydroxylation is 1. The molecule has 1 aromatic carbocycles. The van der Waals surface area contributed by atoms with Crippen LogP contribution in [0.3, 0.4) is 0 Å². The lowest BCUT2D eigenvalue weighted by Crippen LogP contribution is -2.15. The van der Waals surface area contributed by atoms with E-state index in [0.717, 1.165) is 5.56 Å². The van der Waals surface area contributed by atoms with Gasteiger partial charge in [0.05, 0.1) is 5.69 Å². The third-order valence-electron chi connectivity index (χ3n) is 2.69. The van der Waals surface area contributed by atoms with E-state index in [2.05, 4.69) is 20.4 Å². The van der Waals surface area contributed by atoms with Gasteiger partial charge >= 0.3 is 0 Å². The average Bonchev–Trinajstić information content (AvgIpc) is 2.87. The number of halogens is 1. The molecule has 0 aliphatic carbocycles. The fraction of sp³-hybridized carbons (Fsp3) is 0.0769. The van der Waals surface area contributed by atoms with Crippen LogP contribution in [0.1, 0.15) is 16.2 Å². The van der Waals surface area contributed by atoms with Crippen molar-refractivity contribution < 1.29 is 9.18 Å². The van der Waals surface area contributed by atoms with Crippen molar-refractivity contribution in [2.75, 3.05) is 5.32 Å². The summed E-state index contributed by atoms with van der Waals surface area (Å²) in [5.74, 6) is -0.849. The number of aromatic nitrogens is 4. The van der Waals surface area contributed by atoms with Crippen molar-refractivity contribution in [3.63, 3.8) is 0 Å². The zero-order valence-electron chi connectivity index (χ0n) is 10.5. The molecule has 0 spiro atoms. The van der Waals surface area contributed by atoms with Gasteiger partial charge in [-0.1, -0.05) is 6.07 Å². The maximum absolute atomic E-state index is 13.6. The topological polar surface area (TPSA) is 72.2 Å². The Kier molecular flexibility index (Phi) is 2.86. The van der Waals surface area contributed by atoms with Gasteiger partial charge in [0, 0.05) is 12.4 Å². The lowest BCUT2D eigenvalue weighted by atomic mass is 10.2. The minimum absolute atomic E-state index is 0.0652. The molecule has 0 bridgehead atoms. The number of hydrogen-bond donors (Lipinski definition) is 1. The van der Waals surface area contributed by atoms with Crippen molar-refractivity contribution in [1.82, 2.24) is 19.6 Å². The number of fused-ring (bicyclic) bond motifs is 1. The highest BCUT2D eigenvalue weighted by atomic mass is 19.1. The number of nitrogens with zero attached hydrogens (tertiary/aromatic N) is 4. The molecule has 2 aromatic heterocycles. The van der Waals surface area contributed by atoms with Crippen LogP contribution in [-0.4, -0.2) is 25.5 Å². The maximum Gasteiger partial charge on any atom is 0.295 e. The quantitative estimate of drug-likeness (QED) is 0.771. The number of amides is 1. The first kappa shape index (κ1) is 12.2. The first-order valence-electron chi connectivity index (χ1n) is 5.88. The molecule has 0 aliphatic rings. The summed E-state index contributed by atoms with van der Waals surface area (Å²) in [6, 6.07) is 6.13. The van der Waals surface area contributed by atoms with Gasteiger partial charge in [0.25, 0.3) is 11.7 Å². The molecule has 100 valence electrons. The molecule has 2 heterocycles. The van der Waals surface area contributed by atoms with Crippen LogP contribution in [-0.2, 0) is 0 Å². The lowest BCUT2D eigenvalue weighted by Gasteiger charge is -2.04. The molecule has 7 heteroatoms. The second kappa shape index (κ2) is 4.69. The van der Waals surface area contributed by atoms with Gasteiger partial charge in [-0.15, -0.1) is 5.10 Å². The van der Waals surface area contributed by atoms with E-state index in [4.69, 9.17) is 0 Å². The third-order valence-corrected chi connectivity index (χ3v) is 2.69. The van der Waals surface area contributed by atoms with E-state index in [0.29, 0.717) is 5.78 Å². The van der Waals surface area contributed by atoms with E-state index in [1.807, 2.05) is 6.92 Å². The SMILES string of the molecule is Cc1ccc(F)c(NC(=O)c2nc3ncccn3n2)c1. The number of rotatable bonds is 2. The van der Waals surface area contributed by atoms with Gasteiger partial charge in [-0.25, -0.2) is 13.9 Å². The van der Waals surface area contributed by atoms with Gasteiger partial charge in [0.1, 0.15) is 5.82 Å². The summed E-state index contributed by atoms with van der Waals surface area (Å²) in [6.45, 7) is 1.81. The van der Waals surface area contributed by atoms with E-state index < -0.39 is 11.7 Å². The summed E-state index contributed by atoms with van der Waals surface area (Å²) in [5.41, 5.74) is 0.938.